The van der Waals surface area contributed by atoms with Crippen LogP contribution in [0.2, 0.25) is 0 Å². The Morgan fingerprint density at radius 2 is 1.88 bits per heavy atom. The van der Waals surface area contributed by atoms with Crippen molar-refractivity contribution in [2.45, 2.75) is 19.6 Å². The Hall–Kier alpha value is -3.14. The molecule has 1 N–H and O–H groups in total. The average Bonchev–Trinajstić information content (AvgIpc) is 3.16. The van der Waals surface area contributed by atoms with Crippen molar-refractivity contribution >= 4 is 23.1 Å². The minimum Gasteiger partial charge on any atom is -1.00 e. The molecule has 10 heteroatoms. The zero-order valence-electron chi connectivity index (χ0n) is 19.5. The number of nitrogens with zero attached hydrogens (tertiary/aromatic N) is 4. The SMILES string of the molecule is Cc1ccn(-c2ccc(C(=O)N3Cc4cccnc4Nc4ccccc43)c(C(F)(F)F)c2)n1.[H-].[Na+]. The van der Waals surface area contributed by atoms with E-state index in [0.29, 0.717) is 28.5 Å². The summed E-state index contributed by atoms with van der Waals surface area (Å²) in [4.78, 5) is 19.3. The maximum atomic E-state index is 14.1. The van der Waals surface area contributed by atoms with E-state index < -0.39 is 23.2 Å². The number of carbonyl (C=O) groups excluding carboxylic acids is 1. The van der Waals surface area contributed by atoms with E-state index in [9.17, 15) is 18.0 Å². The summed E-state index contributed by atoms with van der Waals surface area (Å²) in [5.74, 6) is -0.197. The number of halogens is 3. The molecular formula is C24H19F3N5NaO. The summed E-state index contributed by atoms with van der Waals surface area (Å²) in [6.07, 6.45) is -1.54. The third-order valence-electron chi connectivity index (χ3n) is 5.44. The molecule has 0 spiro atoms. The van der Waals surface area contributed by atoms with Gasteiger partial charge in [-0.25, -0.2) is 9.67 Å². The fourth-order valence-corrected chi connectivity index (χ4v) is 3.86. The molecule has 1 aliphatic heterocycles. The molecule has 0 saturated carbocycles. The minimum absolute atomic E-state index is 0. The number of nitrogens with one attached hydrogen (secondary N) is 1. The topological polar surface area (TPSA) is 63.1 Å². The molecule has 1 amide bonds. The van der Waals surface area contributed by atoms with E-state index in [2.05, 4.69) is 15.4 Å². The van der Waals surface area contributed by atoms with Crippen molar-refractivity contribution in [1.29, 1.82) is 0 Å². The van der Waals surface area contributed by atoms with Crippen molar-refractivity contribution in [3.05, 3.63) is 95.4 Å². The van der Waals surface area contributed by atoms with Gasteiger partial charge in [0.25, 0.3) is 5.91 Å². The van der Waals surface area contributed by atoms with Gasteiger partial charge >= 0.3 is 35.7 Å². The van der Waals surface area contributed by atoms with Crippen LogP contribution in [0.4, 0.5) is 30.4 Å². The van der Waals surface area contributed by atoms with E-state index >= 15 is 0 Å². The summed E-state index contributed by atoms with van der Waals surface area (Å²) in [7, 11) is 0. The summed E-state index contributed by atoms with van der Waals surface area (Å²) in [5.41, 5.74) is 1.20. The van der Waals surface area contributed by atoms with Crippen molar-refractivity contribution in [2.75, 3.05) is 10.2 Å². The molecule has 4 aromatic rings. The van der Waals surface area contributed by atoms with Gasteiger partial charge in [0.05, 0.1) is 40.4 Å². The smallest absolute Gasteiger partial charge is 1.00 e. The standard InChI is InChI=1S/C24H18F3N5O.Na.H/c1-15-10-12-32(30-15)17-8-9-18(19(13-17)24(25,26)27)23(33)31-14-16-5-4-11-28-22(16)29-20-6-2-3-7-21(20)31;;/h2-13H,14H2,1H3,(H,28,29);;/q;+1;-1. The van der Waals surface area contributed by atoms with E-state index in [1.807, 2.05) is 0 Å². The Morgan fingerprint density at radius 1 is 1.09 bits per heavy atom. The van der Waals surface area contributed by atoms with Crippen LogP contribution < -0.4 is 39.8 Å². The molecule has 0 bridgehead atoms. The Labute approximate surface area is 217 Å². The van der Waals surface area contributed by atoms with E-state index in [0.717, 1.165) is 6.07 Å². The first-order valence-electron chi connectivity index (χ1n) is 10.2. The van der Waals surface area contributed by atoms with Crippen LogP contribution in [0.3, 0.4) is 0 Å². The van der Waals surface area contributed by atoms with E-state index in [4.69, 9.17) is 0 Å². The van der Waals surface area contributed by atoms with Crippen molar-refractivity contribution < 1.29 is 48.9 Å². The van der Waals surface area contributed by atoms with Gasteiger partial charge in [0.1, 0.15) is 5.82 Å². The summed E-state index contributed by atoms with van der Waals surface area (Å²) in [6.45, 7) is 1.82. The molecule has 0 fully saturated rings. The molecule has 0 radical (unpaired) electrons. The molecule has 0 saturated heterocycles. The van der Waals surface area contributed by atoms with Crippen LogP contribution in [-0.2, 0) is 12.7 Å². The molecule has 0 unspecified atom stereocenters. The van der Waals surface area contributed by atoms with Gasteiger partial charge in [-0.05, 0) is 49.4 Å². The second kappa shape index (κ2) is 9.25. The fourth-order valence-electron chi connectivity index (χ4n) is 3.86. The summed E-state index contributed by atoms with van der Waals surface area (Å²) < 4.78 is 43.6. The molecule has 5 rings (SSSR count). The number of pyridine rings is 1. The van der Waals surface area contributed by atoms with E-state index in [-0.39, 0.29) is 43.2 Å². The minimum atomic E-state index is -4.73. The third kappa shape index (κ3) is 4.46. The summed E-state index contributed by atoms with van der Waals surface area (Å²) >= 11 is 0. The average molecular weight is 473 g/mol. The molecule has 34 heavy (non-hydrogen) atoms. The number of carbonyl (C=O) groups is 1. The number of rotatable bonds is 2. The second-order valence-corrected chi connectivity index (χ2v) is 7.67. The van der Waals surface area contributed by atoms with Crippen LogP contribution in [-0.4, -0.2) is 20.7 Å². The molecule has 2 aromatic heterocycles. The molecule has 1 aliphatic rings. The van der Waals surface area contributed by atoms with Crippen LogP contribution in [0.1, 0.15) is 28.6 Å². The maximum absolute atomic E-state index is 14.1. The van der Waals surface area contributed by atoms with Crippen molar-refractivity contribution in [1.82, 2.24) is 14.8 Å². The zero-order chi connectivity index (χ0) is 23.2. The number of hydrogen-bond acceptors (Lipinski definition) is 4. The van der Waals surface area contributed by atoms with Gasteiger partial charge in [-0.15, -0.1) is 0 Å². The van der Waals surface area contributed by atoms with Crippen molar-refractivity contribution in [3.8, 4) is 5.69 Å². The van der Waals surface area contributed by atoms with Gasteiger partial charge in [-0.1, -0.05) is 18.2 Å². The third-order valence-corrected chi connectivity index (χ3v) is 5.44. The van der Waals surface area contributed by atoms with Crippen LogP contribution in [0.25, 0.3) is 5.69 Å². The van der Waals surface area contributed by atoms with E-state index in [1.54, 1.807) is 61.8 Å². The first kappa shape index (κ1) is 24.0. The quantitative estimate of drug-likeness (QED) is 0.455. The number of hydrogen-bond donors (Lipinski definition) is 1. The fraction of sp³-hybridized carbons (Fsp3) is 0.125. The number of amides is 1. The second-order valence-electron chi connectivity index (χ2n) is 7.67. The molecule has 6 nitrogen and oxygen atoms in total. The van der Waals surface area contributed by atoms with Gasteiger partial charge in [-0.2, -0.15) is 18.3 Å². The van der Waals surface area contributed by atoms with Gasteiger partial charge in [0, 0.05) is 18.0 Å². The van der Waals surface area contributed by atoms with Crippen LogP contribution in [0, 0.1) is 6.92 Å². The maximum Gasteiger partial charge on any atom is 1.00 e. The van der Waals surface area contributed by atoms with Crippen molar-refractivity contribution in [3.63, 3.8) is 0 Å². The summed E-state index contributed by atoms with van der Waals surface area (Å²) in [5, 5.41) is 7.35. The molecule has 0 atom stereocenters. The molecule has 3 heterocycles. The zero-order valence-corrected chi connectivity index (χ0v) is 20.5. The Bertz CT molecular complexity index is 1380. The number of aryl methyl sites for hydroxylation is 1. The Morgan fingerprint density at radius 3 is 2.62 bits per heavy atom. The van der Waals surface area contributed by atoms with Crippen molar-refractivity contribution in [2.24, 2.45) is 0 Å². The van der Waals surface area contributed by atoms with Crippen LogP contribution in [0.15, 0.2) is 73.1 Å². The molecule has 0 aliphatic carbocycles. The van der Waals surface area contributed by atoms with Gasteiger partial charge in [0.2, 0.25) is 0 Å². The molecular weight excluding hydrogens is 454 g/mol. The van der Waals surface area contributed by atoms with Gasteiger partial charge in [-0.3, -0.25) is 4.79 Å². The van der Waals surface area contributed by atoms with Gasteiger partial charge < -0.3 is 11.6 Å². The largest absolute Gasteiger partial charge is 1.00 e. The predicted octanol–water partition coefficient (Wildman–Crippen LogP) is 2.62. The van der Waals surface area contributed by atoms with Crippen LogP contribution >= 0.6 is 0 Å². The molecule has 168 valence electrons. The first-order valence-corrected chi connectivity index (χ1v) is 10.2. The monoisotopic (exact) mass is 473 g/mol. The normalized spacial score (nSPS) is 12.6. The summed E-state index contributed by atoms with van der Waals surface area (Å²) in [6, 6.07) is 15.8. The number of fused-ring (bicyclic) bond motifs is 2. The number of benzene rings is 2. The Kier molecular flexibility index (Phi) is 6.53. The predicted molar refractivity (Wildman–Crippen MR) is 119 cm³/mol. The first-order chi connectivity index (χ1) is 15.8. The van der Waals surface area contributed by atoms with Gasteiger partial charge in [0.15, 0.2) is 0 Å². The number of anilines is 3. The van der Waals surface area contributed by atoms with E-state index in [1.165, 1.54) is 21.7 Å². The molecule has 2 aromatic carbocycles. The number of aromatic nitrogens is 3. The van der Waals surface area contributed by atoms with Crippen LogP contribution in [0.5, 0.6) is 0 Å². The number of para-hydroxylation sites is 2. The Balaban J connectivity index is 0.00000171. The number of alkyl halides is 3.